The third-order valence-electron chi connectivity index (χ3n) is 1.97. The van der Waals surface area contributed by atoms with Gasteiger partial charge in [0.05, 0.1) is 11.0 Å². The summed E-state index contributed by atoms with van der Waals surface area (Å²) in [7, 11) is 0. The predicted molar refractivity (Wildman–Crippen MR) is 50.4 cm³/mol. The highest BCUT2D eigenvalue weighted by Crippen LogP contribution is 2.23. The number of halogens is 2. The van der Waals surface area contributed by atoms with Crippen molar-refractivity contribution >= 4 is 5.69 Å². The molecule has 0 unspecified atom stereocenters. The minimum Gasteiger partial charge on any atom is -0.330 e. The van der Waals surface area contributed by atoms with E-state index >= 15 is 0 Å². The average Bonchev–Trinajstić information content (AvgIpc) is 2.19. The molecule has 1 rings (SSSR count). The van der Waals surface area contributed by atoms with Crippen molar-refractivity contribution in [1.82, 2.24) is 0 Å². The maximum Gasteiger partial charge on any atom is 0.275 e. The summed E-state index contributed by atoms with van der Waals surface area (Å²) in [6, 6.07) is 1.45. The Balaban J connectivity index is 3.10. The molecular weight excluding hydrogens is 206 g/mol. The van der Waals surface area contributed by atoms with Crippen molar-refractivity contribution in [3.63, 3.8) is 0 Å². The van der Waals surface area contributed by atoms with Gasteiger partial charge in [-0.3, -0.25) is 10.1 Å². The molecule has 0 bridgehead atoms. The lowest BCUT2D eigenvalue weighted by Crippen LogP contribution is -2.04. The van der Waals surface area contributed by atoms with Crippen LogP contribution in [-0.2, 0) is 6.42 Å². The predicted octanol–water partition coefficient (Wildman–Crippen LogP) is 1.76. The van der Waals surface area contributed by atoms with Gasteiger partial charge in [-0.15, -0.1) is 0 Å². The van der Waals surface area contributed by atoms with Crippen LogP contribution in [0.2, 0.25) is 0 Å². The Labute approximate surface area is 84.9 Å². The normalized spacial score (nSPS) is 10.3. The summed E-state index contributed by atoms with van der Waals surface area (Å²) in [6.07, 6.45) is 0.760. The number of rotatable bonds is 4. The van der Waals surface area contributed by atoms with Gasteiger partial charge in [0.15, 0.2) is 11.6 Å². The molecule has 0 aliphatic carbocycles. The van der Waals surface area contributed by atoms with Gasteiger partial charge in [-0.25, -0.2) is 8.78 Å². The minimum absolute atomic E-state index is 0.171. The number of nitrogens with two attached hydrogens (primary N) is 1. The van der Waals surface area contributed by atoms with Crippen molar-refractivity contribution in [3.05, 3.63) is 39.4 Å². The molecule has 0 amide bonds. The second-order valence-corrected chi connectivity index (χ2v) is 3.04. The van der Waals surface area contributed by atoms with Crippen LogP contribution in [0.3, 0.4) is 0 Å². The van der Waals surface area contributed by atoms with Gasteiger partial charge >= 0.3 is 0 Å². The quantitative estimate of drug-likeness (QED) is 0.615. The van der Waals surface area contributed by atoms with Crippen LogP contribution in [0.5, 0.6) is 0 Å². The molecule has 4 nitrogen and oxygen atoms in total. The van der Waals surface area contributed by atoms with E-state index in [0.717, 1.165) is 6.07 Å². The lowest BCUT2D eigenvalue weighted by molar-refractivity contribution is -0.385. The molecule has 1 aromatic carbocycles. The summed E-state index contributed by atoms with van der Waals surface area (Å²) in [5.41, 5.74) is 5.00. The third-order valence-corrected chi connectivity index (χ3v) is 1.97. The van der Waals surface area contributed by atoms with Gasteiger partial charge in [-0.2, -0.15) is 0 Å². The van der Waals surface area contributed by atoms with Crippen LogP contribution in [-0.4, -0.2) is 11.5 Å². The molecule has 82 valence electrons. The van der Waals surface area contributed by atoms with Crippen LogP contribution >= 0.6 is 0 Å². The zero-order valence-corrected chi connectivity index (χ0v) is 7.87. The first-order valence-corrected chi connectivity index (χ1v) is 4.38. The standard InChI is InChI=1S/C9H10F2N2O2/c10-7-4-6(2-1-3-12)9(13(14)15)5-8(7)11/h4-5H,1-3,12H2. The number of hydrogen-bond acceptors (Lipinski definition) is 3. The number of nitro groups is 1. The Bertz CT molecular complexity index is 383. The topological polar surface area (TPSA) is 69.2 Å². The van der Waals surface area contributed by atoms with Crippen molar-refractivity contribution in [2.24, 2.45) is 5.73 Å². The van der Waals surface area contributed by atoms with Crippen LogP contribution in [0, 0.1) is 21.7 Å². The van der Waals surface area contributed by atoms with Crippen LogP contribution in [0.15, 0.2) is 12.1 Å². The molecule has 0 spiro atoms. The highest BCUT2D eigenvalue weighted by molar-refractivity contribution is 5.41. The van der Waals surface area contributed by atoms with E-state index in [1.165, 1.54) is 0 Å². The van der Waals surface area contributed by atoms with Crippen molar-refractivity contribution in [1.29, 1.82) is 0 Å². The molecular formula is C9H10F2N2O2. The largest absolute Gasteiger partial charge is 0.330 e. The first-order valence-electron chi connectivity index (χ1n) is 4.38. The lowest BCUT2D eigenvalue weighted by atomic mass is 10.1. The number of nitro benzene ring substituents is 1. The molecule has 15 heavy (non-hydrogen) atoms. The van der Waals surface area contributed by atoms with E-state index in [1.807, 2.05) is 0 Å². The molecule has 2 N–H and O–H groups in total. The molecule has 0 atom stereocenters. The van der Waals surface area contributed by atoms with Crippen molar-refractivity contribution in [3.8, 4) is 0 Å². The Morgan fingerprint density at radius 2 is 1.93 bits per heavy atom. The molecule has 0 aliphatic heterocycles. The van der Waals surface area contributed by atoms with E-state index in [2.05, 4.69) is 0 Å². The fourth-order valence-corrected chi connectivity index (χ4v) is 1.24. The number of hydrogen-bond donors (Lipinski definition) is 1. The SMILES string of the molecule is NCCCc1cc(F)c(F)cc1[N+](=O)[O-]. The molecule has 1 aromatic rings. The average molecular weight is 216 g/mol. The summed E-state index contributed by atoms with van der Waals surface area (Å²) in [5, 5.41) is 10.5. The fourth-order valence-electron chi connectivity index (χ4n) is 1.24. The number of nitrogens with zero attached hydrogens (tertiary/aromatic N) is 1. The zero-order chi connectivity index (χ0) is 11.4. The van der Waals surface area contributed by atoms with Crippen LogP contribution in [0.25, 0.3) is 0 Å². The molecule has 0 saturated carbocycles. The second kappa shape index (κ2) is 4.79. The highest BCUT2D eigenvalue weighted by Gasteiger charge is 2.17. The van der Waals surface area contributed by atoms with Crippen LogP contribution in [0.1, 0.15) is 12.0 Å². The Hall–Kier alpha value is -1.56. The molecule has 6 heteroatoms. The van der Waals surface area contributed by atoms with Gasteiger partial charge in [-0.05, 0) is 25.5 Å². The van der Waals surface area contributed by atoms with E-state index in [9.17, 15) is 18.9 Å². The Morgan fingerprint density at radius 1 is 1.33 bits per heavy atom. The van der Waals surface area contributed by atoms with Gasteiger partial charge < -0.3 is 5.73 Å². The molecule has 0 saturated heterocycles. The maximum absolute atomic E-state index is 12.8. The number of aryl methyl sites for hydroxylation is 1. The number of benzene rings is 1. The molecule has 0 aromatic heterocycles. The van der Waals surface area contributed by atoms with E-state index in [4.69, 9.17) is 5.73 Å². The van der Waals surface area contributed by atoms with E-state index < -0.39 is 22.2 Å². The molecule has 0 fully saturated rings. The monoisotopic (exact) mass is 216 g/mol. The Kier molecular flexibility index (Phi) is 3.68. The van der Waals surface area contributed by atoms with E-state index in [1.54, 1.807) is 0 Å². The summed E-state index contributed by atoms with van der Waals surface area (Å²) in [5.74, 6) is -2.29. The van der Waals surface area contributed by atoms with Crippen molar-refractivity contribution in [2.75, 3.05) is 6.54 Å². The smallest absolute Gasteiger partial charge is 0.275 e. The second-order valence-electron chi connectivity index (χ2n) is 3.04. The Morgan fingerprint density at radius 3 is 2.47 bits per heavy atom. The lowest BCUT2D eigenvalue weighted by Gasteiger charge is -2.02. The van der Waals surface area contributed by atoms with Gasteiger partial charge in [0.1, 0.15) is 0 Å². The highest BCUT2D eigenvalue weighted by atomic mass is 19.2. The van der Waals surface area contributed by atoms with Crippen LogP contribution < -0.4 is 5.73 Å². The summed E-state index contributed by atoms with van der Waals surface area (Å²) < 4.78 is 25.6. The summed E-state index contributed by atoms with van der Waals surface area (Å²) in [4.78, 5) is 9.81. The zero-order valence-electron chi connectivity index (χ0n) is 7.87. The third kappa shape index (κ3) is 2.69. The van der Waals surface area contributed by atoms with E-state index in [-0.39, 0.29) is 12.0 Å². The first kappa shape index (κ1) is 11.5. The van der Waals surface area contributed by atoms with Gasteiger partial charge in [0.2, 0.25) is 0 Å². The van der Waals surface area contributed by atoms with E-state index in [0.29, 0.717) is 19.0 Å². The van der Waals surface area contributed by atoms with Gasteiger partial charge in [0, 0.05) is 5.56 Å². The minimum atomic E-state index is -1.21. The maximum atomic E-state index is 12.8. The first-order chi connectivity index (χ1) is 7.06. The van der Waals surface area contributed by atoms with Gasteiger partial charge in [0.25, 0.3) is 5.69 Å². The summed E-state index contributed by atoms with van der Waals surface area (Å²) >= 11 is 0. The van der Waals surface area contributed by atoms with Gasteiger partial charge in [-0.1, -0.05) is 0 Å². The molecule has 0 radical (unpaired) electrons. The molecule has 0 aliphatic rings. The fraction of sp³-hybridized carbons (Fsp3) is 0.333. The van der Waals surface area contributed by atoms with Crippen molar-refractivity contribution in [2.45, 2.75) is 12.8 Å². The van der Waals surface area contributed by atoms with Crippen molar-refractivity contribution < 1.29 is 13.7 Å². The summed E-state index contributed by atoms with van der Waals surface area (Å²) in [6.45, 7) is 0.343. The molecule has 0 heterocycles. The van der Waals surface area contributed by atoms with Crippen LogP contribution in [0.4, 0.5) is 14.5 Å².